The summed E-state index contributed by atoms with van der Waals surface area (Å²) in [5.41, 5.74) is -0.435. The van der Waals surface area contributed by atoms with Crippen molar-refractivity contribution in [2.45, 2.75) is 37.3 Å². The number of nitriles is 1. The first-order valence-corrected chi connectivity index (χ1v) is 6.62. The highest BCUT2D eigenvalue weighted by molar-refractivity contribution is 5.31. The Morgan fingerprint density at radius 2 is 2.00 bits per heavy atom. The van der Waals surface area contributed by atoms with Gasteiger partial charge in [-0.1, -0.05) is 0 Å². The van der Waals surface area contributed by atoms with E-state index in [4.69, 9.17) is 9.47 Å². The minimum absolute atomic E-state index is 0.0919. The predicted octanol–water partition coefficient (Wildman–Crippen LogP) is 2.50. The van der Waals surface area contributed by atoms with Gasteiger partial charge >= 0.3 is 0 Å². The Morgan fingerprint density at radius 3 is 2.58 bits per heavy atom. The Bertz CT molecular complexity index is 452. The summed E-state index contributed by atoms with van der Waals surface area (Å²) in [6.07, 6.45) is 3.72. The quantitative estimate of drug-likeness (QED) is 0.903. The monoisotopic (exact) mass is 260 g/mol. The molecular formula is C15H20N2O2. The fourth-order valence-electron chi connectivity index (χ4n) is 2.56. The minimum Gasteiger partial charge on any atom is -0.497 e. The van der Waals surface area contributed by atoms with Crippen LogP contribution in [0.2, 0.25) is 0 Å². The van der Waals surface area contributed by atoms with Gasteiger partial charge in [-0.25, -0.2) is 0 Å². The molecule has 1 fully saturated rings. The molecule has 102 valence electrons. The van der Waals surface area contributed by atoms with Crippen LogP contribution in [0.3, 0.4) is 0 Å². The summed E-state index contributed by atoms with van der Waals surface area (Å²) >= 11 is 0. The highest BCUT2D eigenvalue weighted by Crippen LogP contribution is 2.30. The van der Waals surface area contributed by atoms with E-state index in [2.05, 4.69) is 11.4 Å². The molecule has 0 bridgehead atoms. The molecule has 0 aliphatic heterocycles. The van der Waals surface area contributed by atoms with E-state index in [1.54, 1.807) is 7.11 Å². The highest BCUT2D eigenvalue weighted by Gasteiger charge is 2.36. The summed E-state index contributed by atoms with van der Waals surface area (Å²) in [5.74, 6) is 1.65. The van der Waals surface area contributed by atoms with Gasteiger partial charge in [-0.15, -0.1) is 0 Å². The van der Waals surface area contributed by atoms with Crippen LogP contribution < -0.4 is 14.8 Å². The molecule has 1 aliphatic rings. The van der Waals surface area contributed by atoms with E-state index in [1.165, 1.54) is 0 Å². The lowest BCUT2D eigenvalue weighted by atomic mass is 9.81. The maximum Gasteiger partial charge on any atom is 0.119 e. The van der Waals surface area contributed by atoms with Crippen molar-refractivity contribution in [1.82, 2.24) is 5.32 Å². The van der Waals surface area contributed by atoms with Gasteiger partial charge in [0.1, 0.15) is 23.1 Å². The van der Waals surface area contributed by atoms with Crippen molar-refractivity contribution >= 4 is 0 Å². The fourth-order valence-corrected chi connectivity index (χ4v) is 2.56. The molecule has 2 rings (SSSR count). The third-order valence-electron chi connectivity index (χ3n) is 3.76. The average Bonchev–Trinajstić information content (AvgIpc) is 2.48. The van der Waals surface area contributed by atoms with Crippen molar-refractivity contribution in [1.29, 1.82) is 5.26 Å². The number of nitrogens with zero attached hydrogens (tertiary/aromatic N) is 1. The molecule has 0 aromatic heterocycles. The molecule has 4 nitrogen and oxygen atoms in total. The van der Waals surface area contributed by atoms with E-state index in [-0.39, 0.29) is 6.10 Å². The van der Waals surface area contributed by atoms with Gasteiger partial charge < -0.3 is 14.8 Å². The molecule has 1 aromatic rings. The van der Waals surface area contributed by atoms with Crippen molar-refractivity contribution in [3.05, 3.63) is 24.3 Å². The number of benzene rings is 1. The summed E-state index contributed by atoms with van der Waals surface area (Å²) in [7, 11) is 3.49. The molecule has 4 heteroatoms. The first-order valence-electron chi connectivity index (χ1n) is 6.62. The van der Waals surface area contributed by atoms with Crippen LogP contribution in [0.4, 0.5) is 0 Å². The number of hydrogen-bond donors (Lipinski definition) is 1. The van der Waals surface area contributed by atoms with Crippen molar-refractivity contribution in [3.8, 4) is 17.6 Å². The van der Waals surface area contributed by atoms with Crippen LogP contribution in [0.15, 0.2) is 24.3 Å². The number of hydrogen-bond acceptors (Lipinski definition) is 4. The number of nitrogens with one attached hydrogen (secondary N) is 1. The van der Waals surface area contributed by atoms with Crippen LogP contribution in [0.5, 0.6) is 11.5 Å². The molecule has 1 saturated carbocycles. The smallest absolute Gasteiger partial charge is 0.119 e. The summed E-state index contributed by atoms with van der Waals surface area (Å²) < 4.78 is 11.1. The second-order valence-electron chi connectivity index (χ2n) is 4.96. The Hall–Kier alpha value is -1.73. The normalized spacial score (nSPS) is 26.5. The van der Waals surface area contributed by atoms with E-state index in [0.29, 0.717) is 0 Å². The Kier molecular flexibility index (Phi) is 4.28. The summed E-state index contributed by atoms with van der Waals surface area (Å²) in [6, 6.07) is 9.96. The topological polar surface area (TPSA) is 54.3 Å². The van der Waals surface area contributed by atoms with E-state index >= 15 is 0 Å². The first-order chi connectivity index (χ1) is 9.21. The van der Waals surface area contributed by atoms with Crippen molar-refractivity contribution in [3.63, 3.8) is 0 Å². The molecule has 0 spiro atoms. The van der Waals surface area contributed by atoms with Crippen molar-refractivity contribution < 1.29 is 9.47 Å². The third kappa shape index (κ3) is 3.18. The van der Waals surface area contributed by atoms with Gasteiger partial charge in [0.15, 0.2) is 0 Å². The molecule has 1 N–H and O–H groups in total. The number of ether oxygens (including phenoxy) is 2. The fraction of sp³-hybridized carbons (Fsp3) is 0.533. The second-order valence-corrected chi connectivity index (χ2v) is 4.96. The molecule has 0 heterocycles. The summed E-state index contributed by atoms with van der Waals surface area (Å²) in [4.78, 5) is 0. The molecule has 2 atom stereocenters. The van der Waals surface area contributed by atoms with Crippen LogP contribution >= 0.6 is 0 Å². The molecule has 19 heavy (non-hydrogen) atoms. The highest BCUT2D eigenvalue weighted by atomic mass is 16.5. The Morgan fingerprint density at radius 1 is 1.32 bits per heavy atom. The molecule has 0 saturated heterocycles. The van der Waals surface area contributed by atoms with Crippen LogP contribution in [-0.2, 0) is 0 Å². The zero-order valence-corrected chi connectivity index (χ0v) is 11.5. The Balaban J connectivity index is 2.00. The van der Waals surface area contributed by atoms with Gasteiger partial charge in [0.2, 0.25) is 0 Å². The largest absolute Gasteiger partial charge is 0.497 e. The van der Waals surface area contributed by atoms with Gasteiger partial charge in [-0.3, -0.25) is 0 Å². The predicted molar refractivity (Wildman–Crippen MR) is 73.3 cm³/mol. The zero-order chi connectivity index (χ0) is 13.7. The van der Waals surface area contributed by atoms with Crippen LogP contribution in [0.1, 0.15) is 25.7 Å². The van der Waals surface area contributed by atoms with Gasteiger partial charge in [0, 0.05) is 6.42 Å². The van der Waals surface area contributed by atoms with Crippen molar-refractivity contribution in [2.24, 2.45) is 0 Å². The van der Waals surface area contributed by atoms with E-state index in [1.807, 2.05) is 31.3 Å². The van der Waals surface area contributed by atoms with Crippen LogP contribution in [0, 0.1) is 11.3 Å². The zero-order valence-electron chi connectivity index (χ0n) is 11.5. The lowest BCUT2D eigenvalue weighted by Gasteiger charge is -2.35. The number of methoxy groups -OCH3 is 1. The first kappa shape index (κ1) is 13.7. The van der Waals surface area contributed by atoms with Gasteiger partial charge in [0.25, 0.3) is 0 Å². The molecular weight excluding hydrogens is 240 g/mol. The van der Waals surface area contributed by atoms with E-state index < -0.39 is 5.54 Å². The maximum absolute atomic E-state index is 9.31. The summed E-state index contributed by atoms with van der Waals surface area (Å²) in [5, 5.41) is 12.4. The van der Waals surface area contributed by atoms with E-state index in [0.717, 1.165) is 37.2 Å². The standard InChI is InChI=1S/C15H20N2O2/c1-17-15(11-16)9-3-4-14(10-15)19-13-7-5-12(18-2)6-8-13/h5-8,14,17H,3-4,9-10H2,1-2H3. The van der Waals surface area contributed by atoms with E-state index in [9.17, 15) is 5.26 Å². The second kappa shape index (κ2) is 5.94. The van der Waals surface area contributed by atoms with Gasteiger partial charge in [-0.05, 0) is 50.6 Å². The summed E-state index contributed by atoms with van der Waals surface area (Å²) in [6.45, 7) is 0. The SMILES string of the molecule is CNC1(C#N)CCCC(Oc2ccc(OC)cc2)C1. The number of rotatable bonds is 4. The maximum atomic E-state index is 9.31. The average molecular weight is 260 g/mol. The van der Waals surface area contributed by atoms with Crippen LogP contribution in [0.25, 0.3) is 0 Å². The lowest BCUT2D eigenvalue weighted by molar-refractivity contribution is 0.116. The third-order valence-corrected chi connectivity index (χ3v) is 3.76. The Labute approximate surface area is 114 Å². The molecule has 0 amide bonds. The van der Waals surface area contributed by atoms with Crippen LogP contribution in [-0.4, -0.2) is 25.8 Å². The minimum atomic E-state index is -0.435. The molecule has 0 radical (unpaired) electrons. The van der Waals surface area contributed by atoms with Gasteiger partial charge in [0.05, 0.1) is 13.2 Å². The van der Waals surface area contributed by atoms with Crippen molar-refractivity contribution in [2.75, 3.05) is 14.2 Å². The lowest BCUT2D eigenvalue weighted by Crippen LogP contribution is -2.48. The van der Waals surface area contributed by atoms with Gasteiger partial charge in [-0.2, -0.15) is 5.26 Å². The molecule has 1 aliphatic carbocycles. The molecule has 2 unspecified atom stereocenters. The molecule has 1 aromatic carbocycles.